The van der Waals surface area contributed by atoms with Crippen LogP contribution in [0.4, 0.5) is 0 Å². The summed E-state index contributed by atoms with van der Waals surface area (Å²) in [6.45, 7) is 6.53. The predicted molar refractivity (Wildman–Crippen MR) is 83.4 cm³/mol. The number of rotatable bonds is 7. The summed E-state index contributed by atoms with van der Waals surface area (Å²) in [6.07, 6.45) is -0.680. The van der Waals surface area contributed by atoms with Gasteiger partial charge in [0, 0.05) is 25.7 Å². The number of aryl methyl sites for hydroxylation is 1. The zero-order chi connectivity index (χ0) is 16.0. The standard InChI is InChI=1S/C16H26N2O3/c1-11-6-7-14(21-5)12(8-11)13(19)9-18-10-16(2,3)15(20)17-4/h6-8,13,18-19H,9-10H2,1-5H3,(H,17,20). The van der Waals surface area contributed by atoms with Gasteiger partial charge in [-0.25, -0.2) is 0 Å². The third kappa shape index (κ3) is 4.72. The molecule has 0 heterocycles. The zero-order valence-corrected chi connectivity index (χ0v) is 13.5. The summed E-state index contributed by atoms with van der Waals surface area (Å²) in [4.78, 5) is 11.7. The maximum absolute atomic E-state index is 11.7. The van der Waals surface area contributed by atoms with Crippen LogP contribution in [0.2, 0.25) is 0 Å². The van der Waals surface area contributed by atoms with Gasteiger partial charge in [0.15, 0.2) is 0 Å². The number of hydrogen-bond acceptors (Lipinski definition) is 4. The molecule has 5 heteroatoms. The van der Waals surface area contributed by atoms with Gasteiger partial charge in [0.2, 0.25) is 5.91 Å². The van der Waals surface area contributed by atoms with Gasteiger partial charge >= 0.3 is 0 Å². The van der Waals surface area contributed by atoms with Gasteiger partial charge in [-0.1, -0.05) is 11.6 Å². The fourth-order valence-corrected chi connectivity index (χ4v) is 2.16. The van der Waals surface area contributed by atoms with E-state index in [0.717, 1.165) is 11.1 Å². The van der Waals surface area contributed by atoms with Crippen molar-refractivity contribution in [2.24, 2.45) is 5.41 Å². The molecule has 0 aromatic heterocycles. The van der Waals surface area contributed by atoms with Crippen LogP contribution in [0.1, 0.15) is 31.1 Å². The lowest BCUT2D eigenvalue weighted by atomic mass is 9.92. The number of methoxy groups -OCH3 is 1. The number of benzene rings is 1. The molecule has 0 fully saturated rings. The Kier molecular flexibility index (Phi) is 6.18. The minimum atomic E-state index is -0.680. The van der Waals surface area contributed by atoms with Crippen LogP contribution < -0.4 is 15.4 Å². The number of carbonyl (C=O) groups is 1. The Morgan fingerprint density at radius 1 is 1.43 bits per heavy atom. The average molecular weight is 294 g/mol. The molecule has 0 spiro atoms. The number of amides is 1. The third-order valence-electron chi connectivity index (χ3n) is 3.49. The molecule has 1 unspecified atom stereocenters. The summed E-state index contributed by atoms with van der Waals surface area (Å²) in [5.74, 6) is 0.637. The summed E-state index contributed by atoms with van der Waals surface area (Å²) in [5, 5.41) is 16.1. The maximum Gasteiger partial charge on any atom is 0.226 e. The second-order valence-electron chi connectivity index (χ2n) is 5.86. The van der Waals surface area contributed by atoms with Gasteiger partial charge in [-0.05, 0) is 32.9 Å². The summed E-state index contributed by atoms with van der Waals surface area (Å²) in [7, 11) is 3.21. The number of carbonyl (C=O) groups excluding carboxylic acids is 1. The lowest BCUT2D eigenvalue weighted by molar-refractivity contribution is -0.128. The fraction of sp³-hybridized carbons (Fsp3) is 0.562. The van der Waals surface area contributed by atoms with E-state index in [9.17, 15) is 9.90 Å². The Morgan fingerprint density at radius 2 is 2.10 bits per heavy atom. The van der Waals surface area contributed by atoms with Crippen LogP contribution in [-0.4, -0.2) is 38.3 Å². The van der Waals surface area contributed by atoms with Crippen molar-refractivity contribution in [1.29, 1.82) is 0 Å². The van der Waals surface area contributed by atoms with E-state index in [2.05, 4.69) is 10.6 Å². The highest BCUT2D eigenvalue weighted by molar-refractivity contribution is 5.81. The first-order valence-corrected chi connectivity index (χ1v) is 7.07. The second kappa shape index (κ2) is 7.43. The largest absolute Gasteiger partial charge is 0.496 e. The van der Waals surface area contributed by atoms with Crippen LogP contribution in [0.25, 0.3) is 0 Å². The number of hydrogen-bond donors (Lipinski definition) is 3. The molecule has 1 rings (SSSR count). The van der Waals surface area contributed by atoms with E-state index in [0.29, 0.717) is 18.8 Å². The van der Waals surface area contributed by atoms with Crippen molar-refractivity contribution in [3.8, 4) is 5.75 Å². The zero-order valence-electron chi connectivity index (χ0n) is 13.5. The van der Waals surface area contributed by atoms with Crippen molar-refractivity contribution in [2.45, 2.75) is 26.9 Å². The number of ether oxygens (including phenoxy) is 1. The molecule has 118 valence electrons. The molecule has 1 aromatic carbocycles. The molecule has 0 aliphatic rings. The topological polar surface area (TPSA) is 70.6 Å². The Morgan fingerprint density at radius 3 is 2.67 bits per heavy atom. The number of aliphatic hydroxyl groups excluding tert-OH is 1. The van der Waals surface area contributed by atoms with Gasteiger partial charge in [-0.3, -0.25) is 4.79 Å². The first-order valence-electron chi connectivity index (χ1n) is 7.07. The van der Waals surface area contributed by atoms with E-state index in [1.165, 1.54) is 0 Å². The van der Waals surface area contributed by atoms with E-state index in [1.807, 2.05) is 39.0 Å². The highest BCUT2D eigenvalue weighted by Gasteiger charge is 2.26. The molecule has 0 aliphatic carbocycles. The molecule has 0 radical (unpaired) electrons. The lowest BCUT2D eigenvalue weighted by Gasteiger charge is -2.24. The van der Waals surface area contributed by atoms with Gasteiger partial charge in [-0.15, -0.1) is 0 Å². The van der Waals surface area contributed by atoms with E-state index in [1.54, 1.807) is 14.2 Å². The van der Waals surface area contributed by atoms with Crippen molar-refractivity contribution >= 4 is 5.91 Å². The van der Waals surface area contributed by atoms with Gasteiger partial charge in [0.25, 0.3) is 0 Å². The van der Waals surface area contributed by atoms with Gasteiger partial charge in [0.05, 0.1) is 18.6 Å². The van der Waals surface area contributed by atoms with E-state index in [4.69, 9.17) is 4.74 Å². The summed E-state index contributed by atoms with van der Waals surface area (Å²) in [5.41, 5.74) is 1.30. The molecule has 5 nitrogen and oxygen atoms in total. The Bertz CT molecular complexity index is 486. The summed E-state index contributed by atoms with van der Waals surface area (Å²) < 4.78 is 5.27. The van der Waals surface area contributed by atoms with Crippen molar-refractivity contribution in [1.82, 2.24) is 10.6 Å². The molecular weight excluding hydrogens is 268 g/mol. The highest BCUT2D eigenvalue weighted by Crippen LogP contribution is 2.26. The number of nitrogens with one attached hydrogen (secondary N) is 2. The molecule has 0 saturated heterocycles. The maximum atomic E-state index is 11.7. The molecule has 0 bridgehead atoms. The van der Waals surface area contributed by atoms with E-state index < -0.39 is 11.5 Å². The predicted octanol–water partition coefficient (Wildman–Crippen LogP) is 1.40. The van der Waals surface area contributed by atoms with E-state index in [-0.39, 0.29) is 5.91 Å². The van der Waals surface area contributed by atoms with E-state index >= 15 is 0 Å². The van der Waals surface area contributed by atoms with Crippen LogP contribution in [0, 0.1) is 12.3 Å². The van der Waals surface area contributed by atoms with Crippen LogP contribution in [0.15, 0.2) is 18.2 Å². The van der Waals surface area contributed by atoms with Crippen molar-refractivity contribution < 1.29 is 14.6 Å². The van der Waals surface area contributed by atoms with Crippen LogP contribution in [-0.2, 0) is 4.79 Å². The Labute approximate surface area is 126 Å². The minimum absolute atomic E-state index is 0.0300. The molecule has 0 aliphatic heterocycles. The summed E-state index contributed by atoms with van der Waals surface area (Å²) >= 11 is 0. The van der Waals surface area contributed by atoms with Crippen molar-refractivity contribution in [3.05, 3.63) is 29.3 Å². The highest BCUT2D eigenvalue weighted by atomic mass is 16.5. The average Bonchev–Trinajstić information content (AvgIpc) is 2.45. The van der Waals surface area contributed by atoms with Gasteiger partial charge in [0.1, 0.15) is 5.75 Å². The first-order chi connectivity index (χ1) is 9.81. The quantitative estimate of drug-likeness (QED) is 0.711. The Balaban J connectivity index is 2.64. The molecule has 3 N–H and O–H groups in total. The molecular formula is C16H26N2O3. The lowest BCUT2D eigenvalue weighted by Crippen LogP contribution is -2.42. The third-order valence-corrected chi connectivity index (χ3v) is 3.49. The van der Waals surface area contributed by atoms with Crippen LogP contribution >= 0.6 is 0 Å². The molecule has 1 aromatic rings. The Hall–Kier alpha value is -1.59. The molecule has 21 heavy (non-hydrogen) atoms. The molecule has 0 saturated carbocycles. The monoisotopic (exact) mass is 294 g/mol. The van der Waals surface area contributed by atoms with Crippen LogP contribution in [0.5, 0.6) is 5.75 Å². The normalized spacial score (nSPS) is 12.9. The summed E-state index contributed by atoms with van der Waals surface area (Å²) in [6, 6.07) is 5.70. The SMILES string of the molecule is CNC(=O)C(C)(C)CNCC(O)c1cc(C)ccc1OC. The van der Waals surface area contributed by atoms with Crippen LogP contribution in [0.3, 0.4) is 0 Å². The molecule has 1 atom stereocenters. The second-order valence-corrected chi connectivity index (χ2v) is 5.86. The first kappa shape index (κ1) is 17.5. The van der Waals surface area contributed by atoms with Gasteiger partial charge < -0.3 is 20.5 Å². The minimum Gasteiger partial charge on any atom is -0.496 e. The fourth-order valence-electron chi connectivity index (χ4n) is 2.16. The van der Waals surface area contributed by atoms with Gasteiger partial charge in [-0.2, -0.15) is 0 Å². The van der Waals surface area contributed by atoms with Crippen molar-refractivity contribution in [3.63, 3.8) is 0 Å². The van der Waals surface area contributed by atoms with Crippen molar-refractivity contribution in [2.75, 3.05) is 27.2 Å². The smallest absolute Gasteiger partial charge is 0.226 e. The number of aliphatic hydroxyl groups is 1. The molecule has 1 amide bonds.